The maximum absolute atomic E-state index is 12.0. The summed E-state index contributed by atoms with van der Waals surface area (Å²) in [6.07, 6.45) is -1.12. The van der Waals surface area contributed by atoms with Gasteiger partial charge in [0.25, 0.3) is 0 Å². The number of halogens is 3. The first-order valence-corrected chi connectivity index (χ1v) is 6.09. The van der Waals surface area contributed by atoms with Crippen LogP contribution in [-0.2, 0) is 0 Å². The Morgan fingerprint density at radius 3 is 2.39 bits per heavy atom. The van der Waals surface area contributed by atoms with Crippen LogP contribution in [0.25, 0.3) is 0 Å². The molecule has 7 heteroatoms. The molecule has 1 rings (SSSR count). The van der Waals surface area contributed by atoms with Gasteiger partial charge in [-0.2, -0.15) is 13.2 Å². The summed E-state index contributed by atoms with van der Waals surface area (Å²) in [6, 6.07) is -0.799. The molecule has 2 amide bonds. The Morgan fingerprint density at radius 1 is 1.39 bits per heavy atom. The van der Waals surface area contributed by atoms with Crippen LogP contribution in [0, 0.1) is 5.92 Å². The first-order valence-electron chi connectivity index (χ1n) is 6.09. The molecule has 0 aromatic rings. The summed E-state index contributed by atoms with van der Waals surface area (Å²) in [5, 5.41) is 4.41. The van der Waals surface area contributed by atoms with Gasteiger partial charge in [-0.1, -0.05) is 6.92 Å². The number of nitrogens with one attached hydrogen (secondary N) is 2. The molecule has 0 aliphatic heterocycles. The molecule has 0 aromatic heterocycles. The van der Waals surface area contributed by atoms with Gasteiger partial charge in [0.1, 0.15) is 6.54 Å². The smallest absolute Gasteiger partial charge is 0.331 e. The predicted molar refractivity (Wildman–Crippen MR) is 62.0 cm³/mol. The van der Waals surface area contributed by atoms with Gasteiger partial charge >= 0.3 is 12.2 Å². The zero-order valence-electron chi connectivity index (χ0n) is 10.4. The zero-order chi connectivity index (χ0) is 13.8. The van der Waals surface area contributed by atoms with Gasteiger partial charge < -0.3 is 16.4 Å². The SMILES string of the molecule is CC1CCC(CN)(NC(=O)NCC(F)(F)F)CC1. The average molecular weight is 267 g/mol. The van der Waals surface area contributed by atoms with E-state index in [2.05, 4.69) is 12.2 Å². The predicted octanol–water partition coefficient (Wildman–Crippen LogP) is 1.76. The number of carbonyl (C=O) groups excluding carboxylic acids is 1. The van der Waals surface area contributed by atoms with E-state index in [1.807, 2.05) is 5.32 Å². The lowest BCUT2D eigenvalue weighted by molar-refractivity contribution is -0.122. The highest BCUT2D eigenvalue weighted by Crippen LogP contribution is 2.31. The standard InChI is InChI=1S/C11H20F3N3O/c1-8-2-4-10(6-15,5-3-8)17-9(18)16-7-11(12,13)14/h8H,2-7,15H2,1H3,(H2,16,17,18). The third kappa shape index (κ3) is 4.72. The number of nitrogens with two attached hydrogens (primary N) is 1. The number of carbonyl (C=O) groups is 1. The van der Waals surface area contributed by atoms with Gasteiger partial charge in [-0.05, 0) is 31.6 Å². The highest BCUT2D eigenvalue weighted by molar-refractivity contribution is 5.74. The molecule has 4 N–H and O–H groups in total. The Kier molecular flexibility index (Phi) is 4.84. The fraction of sp³-hybridized carbons (Fsp3) is 0.909. The van der Waals surface area contributed by atoms with Gasteiger partial charge in [0.2, 0.25) is 0 Å². The van der Waals surface area contributed by atoms with E-state index in [0.29, 0.717) is 18.8 Å². The maximum Gasteiger partial charge on any atom is 0.405 e. The quantitative estimate of drug-likeness (QED) is 0.729. The molecule has 1 aliphatic rings. The minimum absolute atomic E-state index is 0.249. The molecule has 4 nitrogen and oxygen atoms in total. The molecular weight excluding hydrogens is 247 g/mol. The summed E-state index contributed by atoms with van der Waals surface area (Å²) in [4.78, 5) is 11.4. The van der Waals surface area contributed by atoms with Gasteiger partial charge in [-0.25, -0.2) is 4.79 Å². The lowest BCUT2D eigenvalue weighted by Crippen LogP contribution is -2.58. The van der Waals surface area contributed by atoms with Crippen molar-refractivity contribution in [3.63, 3.8) is 0 Å². The van der Waals surface area contributed by atoms with Crippen LogP contribution in [0.1, 0.15) is 32.6 Å². The number of urea groups is 1. The first-order chi connectivity index (χ1) is 8.26. The lowest BCUT2D eigenvalue weighted by Gasteiger charge is -2.39. The highest BCUT2D eigenvalue weighted by Gasteiger charge is 2.35. The Bertz CT molecular complexity index is 286. The van der Waals surface area contributed by atoms with Gasteiger partial charge in [-0.15, -0.1) is 0 Å². The van der Waals surface area contributed by atoms with Crippen molar-refractivity contribution in [2.75, 3.05) is 13.1 Å². The number of hydrogen-bond donors (Lipinski definition) is 3. The Labute approximate surface area is 104 Å². The van der Waals surface area contributed by atoms with E-state index in [-0.39, 0.29) is 6.54 Å². The van der Waals surface area contributed by atoms with Crippen LogP contribution in [-0.4, -0.2) is 30.8 Å². The molecule has 0 heterocycles. The minimum atomic E-state index is -4.39. The zero-order valence-corrected chi connectivity index (χ0v) is 10.4. The fourth-order valence-electron chi connectivity index (χ4n) is 2.16. The summed E-state index contributed by atoms with van der Waals surface area (Å²) >= 11 is 0. The molecular formula is C11H20F3N3O. The fourth-order valence-corrected chi connectivity index (χ4v) is 2.16. The van der Waals surface area contributed by atoms with Crippen LogP contribution in [0.5, 0.6) is 0 Å². The highest BCUT2D eigenvalue weighted by atomic mass is 19.4. The second kappa shape index (κ2) is 5.77. The second-order valence-electron chi connectivity index (χ2n) is 5.09. The van der Waals surface area contributed by atoms with Gasteiger partial charge in [0.05, 0.1) is 5.54 Å². The van der Waals surface area contributed by atoms with Crippen molar-refractivity contribution < 1.29 is 18.0 Å². The van der Waals surface area contributed by atoms with Crippen LogP contribution < -0.4 is 16.4 Å². The van der Waals surface area contributed by atoms with E-state index in [1.165, 1.54) is 0 Å². The van der Waals surface area contributed by atoms with E-state index in [1.54, 1.807) is 0 Å². The molecule has 0 bridgehead atoms. The van der Waals surface area contributed by atoms with Gasteiger partial charge in [-0.3, -0.25) is 0 Å². The van der Waals surface area contributed by atoms with Gasteiger partial charge in [0.15, 0.2) is 0 Å². The Balaban J connectivity index is 2.45. The minimum Gasteiger partial charge on any atom is -0.331 e. The molecule has 0 saturated heterocycles. The molecule has 0 aromatic carbocycles. The second-order valence-corrected chi connectivity index (χ2v) is 5.09. The van der Waals surface area contributed by atoms with Crippen molar-refractivity contribution in [2.24, 2.45) is 11.7 Å². The number of rotatable bonds is 3. The number of hydrogen-bond acceptors (Lipinski definition) is 2. The van der Waals surface area contributed by atoms with Crippen molar-refractivity contribution in [2.45, 2.75) is 44.3 Å². The number of alkyl halides is 3. The molecule has 18 heavy (non-hydrogen) atoms. The summed E-state index contributed by atoms with van der Waals surface area (Å²) in [5.41, 5.74) is 5.10. The molecule has 106 valence electrons. The van der Waals surface area contributed by atoms with Crippen LogP contribution in [0.3, 0.4) is 0 Å². The van der Waals surface area contributed by atoms with Crippen LogP contribution in [0.2, 0.25) is 0 Å². The van der Waals surface area contributed by atoms with Crippen molar-refractivity contribution >= 4 is 6.03 Å². The first kappa shape index (κ1) is 15.1. The molecule has 1 aliphatic carbocycles. The van der Waals surface area contributed by atoms with Crippen molar-refractivity contribution in [3.05, 3.63) is 0 Å². The largest absolute Gasteiger partial charge is 0.405 e. The van der Waals surface area contributed by atoms with E-state index in [9.17, 15) is 18.0 Å². The Morgan fingerprint density at radius 2 is 1.94 bits per heavy atom. The molecule has 0 atom stereocenters. The third-order valence-electron chi connectivity index (χ3n) is 3.45. The van der Waals surface area contributed by atoms with Crippen LogP contribution >= 0.6 is 0 Å². The topological polar surface area (TPSA) is 67.1 Å². The Hall–Kier alpha value is -0.980. The van der Waals surface area contributed by atoms with Crippen molar-refractivity contribution in [3.8, 4) is 0 Å². The summed E-state index contributed by atoms with van der Waals surface area (Å²) in [5.74, 6) is 0.574. The summed E-state index contributed by atoms with van der Waals surface area (Å²) in [7, 11) is 0. The van der Waals surface area contributed by atoms with E-state index < -0.39 is 24.3 Å². The summed E-state index contributed by atoms with van der Waals surface area (Å²) < 4.78 is 35.9. The molecule has 0 spiro atoms. The van der Waals surface area contributed by atoms with Crippen molar-refractivity contribution in [1.29, 1.82) is 0 Å². The van der Waals surface area contributed by atoms with E-state index in [0.717, 1.165) is 12.8 Å². The monoisotopic (exact) mass is 267 g/mol. The van der Waals surface area contributed by atoms with E-state index in [4.69, 9.17) is 5.73 Å². The molecule has 0 radical (unpaired) electrons. The summed E-state index contributed by atoms with van der Waals surface area (Å²) in [6.45, 7) is 1.04. The average Bonchev–Trinajstić information content (AvgIpc) is 2.29. The molecule has 1 saturated carbocycles. The third-order valence-corrected chi connectivity index (χ3v) is 3.45. The van der Waals surface area contributed by atoms with Crippen molar-refractivity contribution in [1.82, 2.24) is 10.6 Å². The maximum atomic E-state index is 12.0. The van der Waals surface area contributed by atoms with Gasteiger partial charge in [0, 0.05) is 6.54 Å². The molecule has 1 fully saturated rings. The van der Waals surface area contributed by atoms with E-state index >= 15 is 0 Å². The number of amides is 2. The van der Waals surface area contributed by atoms with Crippen LogP contribution in [0.4, 0.5) is 18.0 Å². The normalized spacial score (nSPS) is 28.8. The lowest BCUT2D eigenvalue weighted by atomic mass is 9.77. The van der Waals surface area contributed by atoms with Crippen LogP contribution in [0.15, 0.2) is 0 Å². The molecule has 0 unspecified atom stereocenters.